The SMILES string of the molecule is CCCC(c1ccc(C(=O)NCc2nn[nH]n2)cc1)N1C(=O)C(c2cccc(OC(F)(F)F)c2)=NC12CCC(C(C)C)CC2. The number of hydrogen-bond acceptors (Lipinski definition) is 7. The second-order valence-electron chi connectivity index (χ2n) is 11.7. The van der Waals surface area contributed by atoms with E-state index in [1.54, 1.807) is 18.2 Å². The maximum atomic E-state index is 14.3. The summed E-state index contributed by atoms with van der Waals surface area (Å²) in [6, 6.07) is 12.2. The van der Waals surface area contributed by atoms with E-state index in [0.29, 0.717) is 42.5 Å². The number of H-pyrrole nitrogens is 1. The molecule has 1 unspecified atom stereocenters. The van der Waals surface area contributed by atoms with Crippen molar-refractivity contribution in [3.63, 3.8) is 0 Å². The number of nitrogens with one attached hydrogen (secondary N) is 2. The van der Waals surface area contributed by atoms with E-state index in [1.165, 1.54) is 18.2 Å². The Morgan fingerprint density at radius 2 is 1.89 bits per heavy atom. The van der Waals surface area contributed by atoms with Crippen LogP contribution in [-0.2, 0) is 11.3 Å². The van der Waals surface area contributed by atoms with E-state index >= 15 is 0 Å². The third-order valence-corrected chi connectivity index (χ3v) is 8.53. The van der Waals surface area contributed by atoms with Crippen LogP contribution in [0.25, 0.3) is 0 Å². The summed E-state index contributed by atoms with van der Waals surface area (Å²) >= 11 is 0. The lowest BCUT2D eigenvalue weighted by atomic mass is 9.76. The Balaban J connectivity index is 1.46. The number of alkyl halides is 3. The molecule has 2 aliphatic rings. The maximum absolute atomic E-state index is 14.3. The Hall–Kier alpha value is -4.29. The fourth-order valence-corrected chi connectivity index (χ4v) is 6.29. The molecule has 0 saturated heterocycles. The van der Waals surface area contributed by atoms with E-state index in [9.17, 15) is 22.8 Å². The van der Waals surface area contributed by atoms with Crippen LogP contribution >= 0.6 is 0 Å². The molecule has 2 amide bonds. The second-order valence-corrected chi connectivity index (χ2v) is 11.7. The van der Waals surface area contributed by atoms with Crippen molar-refractivity contribution in [1.82, 2.24) is 30.8 Å². The first-order chi connectivity index (χ1) is 21.0. The van der Waals surface area contributed by atoms with Crippen molar-refractivity contribution in [3.05, 3.63) is 71.0 Å². The molecule has 1 aliphatic heterocycles. The molecule has 44 heavy (non-hydrogen) atoms. The van der Waals surface area contributed by atoms with Gasteiger partial charge in [-0.05, 0) is 73.8 Å². The highest BCUT2D eigenvalue weighted by molar-refractivity contribution is 6.46. The number of aliphatic imine (C=N–C) groups is 1. The fraction of sp³-hybridized carbons (Fsp3) is 0.484. The van der Waals surface area contributed by atoms with Crippen molar-refractivity contribution < 1.29 is 27.5 Å². The van der Waals surface area contributed by atoms with Crippen LogP contribution in [0.2, 0.25) is 0 Å². The highest BCUT2D eigenvalue weighted by Gasteiger charge is 2.52. The number of rotatable bonds is 10. The average Bonchev–Trinajstić information content (AvgIpc) is 3.61. The molecule has 0 radical (unpaired) electrons. The van der Waals surface area contributed by atoms with Gasteiger partial charge in [0.25, 0.3) is 11.8 Å². The fourth-order valence-electron chi connectivity index (χ4n) is 6.29. The highest BCUT2D eigenvalue weighted by Crippen LogP contribution is 2.48. The Morgan fingerprint density at radius 1 is 1.16 bits per heavy atom. The average molecular weight is 612 g/mol. The summed E-state index contributed by atoms with van der Waals surface area (Å²) in [4.78, 5) is 33.9. The molecule has 1 saturated carbocycles. The van der Waals surface area contributed by atoms with Gasteiger partial charge in [-0.15, -0.1) is 23.4 Å². The molecule has 10 nitrogen and oxygen atoms in total. The number of amides is 2. The Morgan fingerprint density at radius 3 is 2.50 bits per heavy atom. The second kappa shape index (κ2) is 12.7. The molecule has 2 heterocycles. The zero-order chi connectivity index (χ0) is 31.5. The van der Waals surface area contributed by atoms with Crippen molar-refractivity contribution in [2.45, 2.75) is 83.9 Å². The number of benzene rings is 2. The summed E-state index contributed by atoms with van der Waals surface area (Å²) in [5.74, 6) is 0.310. The van der Waals surface area contributed by atoms with Gasteiger partial charge in [0, 0.05) is 11.1 Å². The minimum absolute atomic E-state index is 0.118. The van der Waals surface area contributed by atoms with Gasteiger partial charge >= 0.3 is 6.36 Å². The number of carbonyl (C=O) groups is 2. The third kappa shape index (κ3) is 6.76. The predicted molar refractivity (Wildman–Crippen MR) is 155 cm³/mol. The largest absolute Gasteiger partial charge is 0.573 e. The van der Waals surface area contributed by atoms with Gasteiger partial charge in [0.1, 0.15) is 17.1 Å². The van der Waals surface area contributed by atoms with Gasteiger partial charge in [0.2, 0.25) is 0 Å². The number of aromatic amines is 1. The molecule has 0 bridgehead atoms. The standard InChI is InChI=1S/C31H36F3N7O3/c1-4-6-25(21-9-11-22(12-10-21)28(42)35-18-26-37-39-40-38-26)41-29(43)27(23-7-5-8-24(17-23)44-31(32,33)34)36-30(41)15-13-20(14-16-30)19(2)3/h5,7-12,17,19-20,25H,4,6,13-16,18H2,1-3H3,(H,35,42)(H,37,38,39,40). The first-order valence-corrected chi connectivity index (χ1v) is 14.9. The van der Waals surface area contributed by atoms with Gasteiger partial charge < -0.3 is 15.0 Å². The number of halogens is 3. The number of nitrogens with zero attached hydrogens (tertiary/aromatic N) is 5. The molecular formula is C31H36F3N7O3. The molecular weight excluding hydrogens is 575 g/mol. The van der Waals surface area contributed by atoms with Gasteiger partial charge in [0.05, 0.1) is 12.6 Å². The Labute approximate surface area is 253 Å². The van der Waals surface area contributed by atoms with Gasteiger partial charge in [-0.1, -0.05) is 56.7 Å². The number of carbonyl (C=O) groups excluding carboxylic acids is 2. The lowest BCUT2D eigenvalue weighted by Gasteiger charge is -2.46. The lowest BCUT2D eigenvalue weighted by molar-refractivity contribution is -0.274. The van der Waals surface area contributed by atoms with Gasteiger partial charge in [-0.2, -0.15) is 5.21 Å². The van der Waals surface area contributed by atoms with Crippen LogP contribution in [0.3, 0.4) is 0 Å². The van der Waals surface area contributed by atoms with Crippen LogP contribution in [-0.4, -0.2) is 55.1 Å². The summed E-state index contributed by atoms with van der Waals surface area (Å²) in [5, 5.41) is 16.2. The van der Waals surface area contributed by atoms with Crippen LogP contribution in [0.1, 0.15) is 92.6 Å². The molecule has 1 aliphatic carbocycles. The maximum Gasteiger partial charge on any atom is 0.573 e. The van der Waals surface area contributed by atoms with Crippen molar-refractivity contribution in [2.75, 3.05) is 0 Å². The normalized spacial score (nSPS) is 21.1. The minimum Gasteiger partial charge on any atom is -0.406 e. The van der Waals surface area contributed by atoms with Crippen LogP contribution in [0.5, 0.6) is 5.75 Å². The zero-order valence-electron chi connectivity index (χ0n) is 24.9. The van der Waals surface area contributed by atoms with E-state index in [-0.39, 0.29) is 35.7 Å². The number of tetrazole rings is 1. The number of ether oxygens (including phenoxy) is 1. The highest BCUT2D eigenvalue weighted by atomic mass is 19.4. The number of hydrogen-bond donors (Lipinski definition) is 2. The monoisotopic (exact) mass is 611 g/mol. The topological polar surface area (TPSA) is 125 Å². The van der Waals surface area contributed by atoms with Crippen LogP contribution in [0.4, 0.5) is 13.2 Å². The summed E-state index contributed by atoms with van der Waals surface area (Å²) in [6.45, 7) is 6.55. The molecule has 1 fully saturated rings. The minimum atomic E-state index is -4.86. The zero-order valence-corrected chi connectivity index (χ0v) is 24.9. The summed E-state index contributed by atoms with van der Waals surface area (Å²) < 4.78 is 43.1. The molecule has 1 aromatic heterocycles. The van der Waals surface area contributed by atoms with E-state index < -0.39 is 17.8 Å². The van der Waals surface area contributed by atoms with Crippen LogP contribution in [0.15, 0.2) is 53.5 Å². The summed E-state index contributed by atoms with van der Waals surface area (Å²) in [6.07, 6.45) is -0.367. The molecule has 13 heteroatoms. The van der Waals surface area contributed by atoms with Crippen molar-refractivity contribution in [1.29, 1.82) is 0 Å². The lowest BCUT2D eigenvalue weighted by Crippen LogP contribution is -2.51. The van der Waals surface area contributed by atoms with E-state index in [1.807, 2.05) is 24.0 Å². The van der Waals surface area contributed by atoms with E-state index in [0.717, 1.165) is 24.8 Å². The first kappa shape index (κ1) is 31.1. The molecule has 2 N–H and O–H groups in total. The Kier molecular flexibility index (Phi) is 9.02. The van der Waals surface area contributed by atoms with Gasteiger partial charge in [0.15, 0.2) is 5.82 Å². The smallest absolute Gasteiger partial charge is 0.406 e. The van der Waals surface area contributed by atoms with Crippen molar-refractivity contribution >= 4 is 17.5 Å². The number of aromatic nitrogens is 4. The predicted octanol–water partition coefficient (Wildman–Crippen LogP) is 5.74. The summed E-state index contributed by atoms with van der Waals surface area (Å²) in [5.41, 5.74) is 0.892. The first-order valence-electron chi connectivity index (χ1n) is 14.9. The molecule has 3 aromatic rings. The Bertz CT molecular complexity index is 1480. The quantitative estimate of drug-likeness (QED) is 0.301. The van der Waals surface area contributed by atoms with Crippen LogP contribution in [0, 0.1) is 11.8 Å². The third-order valence-electron chi connectivity index (χ3n) is 8.53. The molecule has 1 atom stereocenters. The summed E-state index contributed by atoms with van der Waals surface area (Å²) in [7, 11) is 0. The van der Waals surface area contributed by atoms with E-state index in [4.69, 9.17) is 4.99 Å². The molecule has 1 spiro atoms. The van der Waals surface area contributed by atoms with Crippen molar-refractivity contribution in [3.8, 4) is 5.75 Å². The van der Waals surface area contributed by atoms with Crippen LogP contribution < -0.4 is 10.1 Å². The van der Waals surface area contributed by atoms with Gasteiger partial charge in [-0.3, -0.25) is 14.6 Å². The molecule has 2 aromatic carbocycles. The van der Waals surface area contributed by atoms with E-state index in [2.05, 4.69) is 44.5 Å². The molecule has 234 valence electrons. The van der Waals surface area contributed by atoms with Crippen molar-refractivity contribution in [2.24, 2.45) is 16.8 Å². The molecule has 5 rings (SSSR count). The van der Waals surface area contributed by atoms with Gasteiger partial charge in [-0.25, -0.2) is 0 Å².